The van der Waals surface area contributed by atoms with Gasteiger partial charge in [-0.2, -0.15) is 0 Å². The van der Waals surface area contributed by atoms with Crippen LogP contribution in [0.5, 0.6) is 0 Å². The van der Waals surface area contributed by atoms with Gasteiger partial charge in [0.15, 0.2) is 5.76 Å². The number of thiophene rings is 1. The minimum absolute atomic E-state index is 0.0997. The number of carbonyl (C=O) groups is 1. The van der Waals surface area contributed by atoms with E-state index in [-0.39, 0.29) is 21.3 Å². The third kappa shape index (κ3) is 4.04. The lowest BCUT2D eigenvalue weighted by molar-refractivity contribution is 0.0996. The SMILES string of the molecule is Cc1ccc(S(=O)(=O)Nc2ccc(Cl)cc2NC(=O)c2ccco2)s1. The molecule has 2 heterocycles. The van der Waals surface area contributed by atoms with E-state index in [1.807, 2.05) is 6.92 Å². The minimum Gasteiger partial charge on any atom is -0.459 e. The zero-order valence-electron chi connectivity index (χ0n) is 12.9. The van der Waals surface area contributed by atoms with E-state index in [0.29, 0.717) is 5.02 Å². The van der Waals surface area contributed by atoms with Crippen LogP contribution >= 0.6 is 22.9 Å². The summed E-state index contributed by atoms with van der Waals surface area (Å²) < 4.78 is 32.7. The number of nitrogens with one attached hydrogen (secondary N) is 2. The van der Waals surface area contributed by atoms with Crippen LogP contribution in [0.15, 0.2) is 57.4 Å². The van der Waals surface area contributed by atoms with E-state index < -0.39 is 15.9 Å². The van der Waals surface area contributed by atoms with Crippen LogP contribution in [0.3, 0.4) is 0 Å². The van der Waals surface area contributed by atoms with Gasteiger partial charge in [0, 0.05) is 9.90 Å². The monoisotopic (exact) mass is 396 g/mol. The average Bonchev–Trinajstić information content (AvgIpc) is 3.21. The lowest BCUT2D eigenvalue weighted by Gasteiger charge is -2.13. The van der Waals surface area contributed by atoms with E-state index in [0.717, 1.165) is 16.2 Å². The van der Waals surface area contributed by atoms with Crippen LogP contribution in [-0.2, 0) is 10.0 Å². The lowest BCUT2D eigenvalue weighted by atomic mass is 10.2. The first-order valence-electron chi connectivity index (χ1n) is 7.09. The van der Waals surface area contributed by atoms with E-state index in [1.165, 1.54) is 36.6 Å². The Bertz CT molecular complexity index is 1010. The summed E-state index contributed by atoms with van der Waals surface area (Å²) in [5.74, 6) is -0.414. The first-order chi connectivity index (χ1) is 11.8. The average molecular weight is 397 g/mol. The van der Waals surface area contributed by atoms with Crippen LogP contribution in [0, 0.1) is 6.92 Å². The van der Waals surface area contributed by atoms with Crippen LogP contribution in [0.4, 0.5) is 11.4 Å². The number of halogens is 1. The number of rotatable bonds is 5. The molecular formula is C16H13ClN2O4S2. The van der Waals surface area contributed by atoms with E-state index in [1.54, 1.807) is 12.1 Å². The van der Waals surface area contributed by atoms with E-state index in [2.05, 4.69) is 10.0 Å². The summed E-state index contributed by atoms with van der Waals surface area (Å²) in [4.78, 5) is 13.0. The van der Waals surface area contributed by atoms with Crippen LogP contribution in [-0.4, -0.2) is 14.3 Å². The largest absolute Gasteiger partial charge is 0.459 e. The molecule has 0 saturated carbocycles. The van der Waals surface area contributed by atoms with Crippen LogP contribution in [0.1, 0.15) is 15.4 Å². The summed E-state index contributed by atoms with van der Waals surface area (Å²) in [5.41, 5.74) is 0.432. The van der Waals surface area contributed by atoms with Crippen molar-refractivity contribution in [3.05, 3.63) is 64.4 Å². The summed E-state index contributed by atoms with van der Waals surface area (Å²) in [6.07, 6.45) is 1.37. The Balaban J connectivity index is 1.90. The Kier molecular flexibility index (Phi) is 4.85. The first-order valence-corrected chi connectivity index (χ1v) is 9.76. The number of carbonyl (C=O) groups excluding carboxylic acids is 1. The minimum atomic E-state index is -3.77. The highest BCUT2D eigenvalue weighted by Gasteiger charge is 2.19. The van der Waals surface area contributed by atoms with Crippen LogP contribution < -0.4 is 10.0 Å². The molecule has 0 aliphatic rings. The molecule has 1 amide bonds. The van der Waals surface area contributed by atoms with Crippen molar-refractivity contribution < 1.29 is 17.6 Å². The van der Waals surface area contributed by atoms with Gasteiger partial charge in [0.1, 0.15) is 4.21 Å². The summed E-state index contributed by atoms with van der Waals surface area (Å²) in [6.45, 7) is 1.82. The fourth-order valence-electron chi connectivity index (χ4n) is 2.05. The Morgan fingerprint density at radius 3 is 2.60 bits per heavy atom. The third-order valence-corrected chi connectivity index (χ3v) is 6.29. The van der Waals surface area contributed by atoms with Gasteiger partial charge < -0.3 is 9.73 Å². The molecule has 25 heavy (non-hydrogen) atoms. The van der Waals surface area contributed by atoms with Gasteiger partial charge in [-0.25, -0.2) is 8.42 Å². The first kappa shape index (κ1) is 17.5. The van der Waals surface area contributed by atoms with Crippen molar-refractivity contribution in [2.24, 2.45) is 0 Å². The summed E-state index contributed by atoms with van der Waals surface area (Å²) in [5, 5.41) is 2.94. The van der Waals surface area contributed by atoms with Crippen molar-refractivity contribution in [3.8, 4) is 0 Å². The smallest absolute Gasteiger partial charge is 0.291 e. The van der Waals surface area contributed by atoms with Gasteiger partial charge in [-0.05, 0) is 49.4 Å². The van der Waals surface area contributed by atoms with Crippen molar-refractivity contribution in [2.45, 2.75) is 11.1 Å². The molecule has 0 fully saturated rings. The molecule has 0 aliphatic carbocycles. The molecule has 130 valence electrons. The molecule has 6 nitrogen and oxygen atoms in total. The predicted octanol–water partition coefficient (Wildman–Crippen LogP) is 4.36. The lowest BCUT2D eigenvalue weighted by Crippen LogP contribution is -2.16. The van der Waals surface area contributed by atoms with Crippen molar-refractivity contribution in [1.29, 1.82) is 0 Å². The number of sulfonamides is 1. The number of hydrogen-bond donors (Lipinski definition) is 2. The van der Waals surface area contributed by atoms with Gasteiger partial charge in [0.25, 0.3) is 15.9 Å². The molecule has 0 saturated heterocycles. The molecule has 0 radical (unpaired) electrons. The molecule has 0 atom stereocenters. The van der Waals surface area contributed by atoms with Gasteiger partial charge in [-0.15, -0.1) is 11.3 Å². The van der Waals surface area contributed by atoms with E-state index in [4.69, 9.17) is 16.0 Å². The zero-order chi connectivity index (χ0) is 18.0. The second-order valence-electron chi connectivity index (χ2n) is 5.09. The molecule has 9 heteroatoms. The molecule has 2 aromatic heterocycles. The normalized spacial score (nSPS) is 11.3. The van der Waals surface area contributed by atoms with Crippen molar-refractivity contribution >= 4 is 50.2 Å². The van der Waals surface area contributed by atoms with Gasteiger partial charge in [0.2, 0.25) is 0 Å². The topological polar surface area (TPSA) is 88.4 Å². The maximum Gasteiger partial charge on any atom is 0.291 e. The highest BCUT2D eigenvalue weighted by molar-refractivity contribution is 7.94. The maximum atomic E-state index is 12.5. The molecule has 0 aliphatic heterocycles. The number of furan rings is 1. The summed E-state index contributed by atoms with van der Waals surface area (Å²) >= 11 is 7.12. The Hall–Kier alpha value is -2.29. The van der Waals surface area contributed by atoms with Gasteiger partial charge in [-0.3, -0.25) is 9.52 Å². The molecule has 0 bridgehead atoms. The molecular weight excluding hydrogens is 384 g/mol. The molecule has 1 aromatic carbocycles. The van der Waals surface area contributed by atoms with Gasteiger partial charge in [-0.1, -0.05) is 11.6 Å². The fraction of sp³-hybridized carbons (Fsp3) is 0.0625. The number of aryl methyl sites for hydroxylation is 1. The number of anilines is 2. The van der Waals surface area contributed by atoms with Crippen molar-refractivity contribution in [1.82, 2.24) is 0 Å². The van der Waals surface area contributed by atoms with Crippen LogP contribution in [0.25, 0.3) is 0 Å². The molecule has 2 N–H and O–H groups in total. The predicted molar refractivity (Wildman–Crippen MR) is 98.0 cm³/mol. The Labute approximate surface area is 153 Å². The Morgan fingerprint density at radius 2 is 1.96 bits per heavy atom. The number of amides is 1. The third-order valence-electron chi connectivity index (χ3n) is 3.20. The molecule has 0 unspecified atom stereocenters. The van der Waals surface area contributed by atoms with Crippen molar-refractivity contribution in [2.75, 3.05) is 10.0 Å². The molecule has 3 rings (SSSR count). The standard InChI is InChI=1S/C16H13ClN2O4S2/c1-10-4-7-15(24-10)25(21,22)19-12-6-5-11(17)9-13(12)18-16(20)14-3-2-8-23-14/h2-9,19H,1H3,(H,18,20). The highest BCUT2D eigenvalue weighted by Crippen LogP contribution is 2.30. The van der Waals surface area contributed by atoms with Crippen LogP contribution in [0.2, 0.25) is 5.02 Å². The second-order valence-corrected chi connectivity index (χ2v) is 8.73. The Morgan fingerprint density at radius 1 is 1.16 bits per heavy atom. The van der Waals surface area contributed by atoms with E-state index in [9.17, 15) is 13.2 Å². The second kappa shape index (κ2) is 6.91. The summed E-state index contributed by atoms with van der Waals surface area (Å²) in [7, 11) is -3.77. The molecule has 3 aromatic rings. The number of benzene rings is 1. The molecule has 0 spiro atoms. The quantitative estimate of drug-likeness (QED) is 0.670. The van der Waals surface area contributed by atoms with Crippen molar-refractivity contribution in [3.63, 3.8) is 0 Å². The fourth-order valence-corrected chi connectivity index (χ4v) is 4.59. The van der Waals surface area contributed by atoms with Gasteiger partial charge in [0.05, 0.1) is 17.6 Å². The number of hydrogen-bond acceptors (Lipinski definition) is 5. The summed E-state index contributed by atoms with van der Waals surface area (Å²) in [6, 6.07) is 10.8. The van der Waals surface area contributed by atoms with E-state index >= 15 is 0 Å². The highest BCUT2D eigenvalue weighted by atomic mass is 35.5. The van der Waals surface area contributed by atoms with Gasteiger partial charge >= 0.3 is 0 Å². The maximum absolute atomic E-state index is 12.5. The zero-order valence-corrected chi connectivity index (χ0v) is 15.3.